The van der Waals surface area contributed by atoms with E-state index in [0.717, 1.165) is 0 Å². The minimum atomic E-state index is -0.941. The Morgan fingerprint density at radius 1 is 1.64 bits per heavy atom. The van der Waals surface area contributed by atoms with Crippen molar-refractivity contribution in [3.05, 3.63) is 16.1 Å². The van der Waals surface area contributed by atoms with Gasteiger partial charge in [-0.1, -0.05) is 23.2 Å². The van der Waals surface area contributed by atoms with Crippen LogP contribution in [0.25, 0.3) is 0 Å². The molecule has 0 radical (unpaired) electrons. The lowest BCUT2D eigenvalue weighted by Crippen LogP contribution is -2.17. The highest BCUT2D eigenvalue weighted by Gasteiger charge is 2.18. The van der Waals surface area contributed by atoms with Crippen LogP contribution in [-0.2, 0) is 4.79 Å². The number of H-pyrrole nitrogens is 1. The van der Waals surface area contributed by atoms with Gasteiger partial charge in [0.25, 0.3) is 0 Å². The van der Waals surface area contributed by atoms with Gasteiger partial charge in [0.2, 0.25) is 0 Å². The van der Waals surface area contributed by atoms with Gasteiger partial charge >= 0.3 is 5.97 Å². The lowest BCUT2D eigenvalue weighted by atomic mass is 10.1. The van der Waals surface area contributed by atoms with Crippen LogP contribution >= 0.6 is 23.2 Å². The Balaban J connectivity index is 2.83. The lowest BCUT2D eigenvalue weighted by Gasteiger charge is -2.07. The van der Waals surface area contributed by atoms with Gasteiger partial charge in [0.1, 0.15) is 11.0 Å². The summed E-state index contributed by atoms with van der Waals surface area (Å²) in [5, 5.41) is 8.92. The third kappa shape index (κ3) is 2.60. The van der Waals surface area contributed by atoms with Crippen molar-refractivity contribution in [2.24, 2.45) is 5.73 Å². The van der Waals surface area contributed by atoms with Crippen LogP contribution < -0.4 is 5.73 Å². The van der Waals surface area contributed by atoms with Crippen molar-refractivity contribution in [2.45, 2.75) is 12.3 Å². The number of aliphatic carboxylic acids is 1. The van der Waals surface area contributed by atoms with E-state index in [2.05, 4.69) is 9.97 Å². The molecule has 0 aromatic carbocycles. The first-order chi connectivity index (χ1) is 6.54. The molecule has 0 bridgehead atoms. The number of hydrogen-bond acceptors (Lipinski definition) is 3. The molecule has 1 aromatic heterocycles. The largest absolute Gasteiger partial charge is 0.481 e. The normalized spacial score (nSPS) is 12.8. The molecule has 1 unspecified atom stereocenters. The van der Waals surface area contributed by atoms with Gasteiger partial charge in [-0.25, -0.2) is 4.98 Å². The van der Waals surface area contributed by atoms with Crippen LogP contribution in [0.3, 0.4) is 0 Å². The van der Waals surface area contributed by atoms with Crippen LogP contribution in [0.15, 0.2) is 0 Å². The second kappa shape index (κ2) is 4.63. The second-order valence-corrected chi connectivity index (χ2v) is 3.49. The smallest absolute Gasteiger partial charge is 0.304 e. The number of aromatic amines is 1. The average Bonchev–Trinajstić information content (AvgIpc) is 2.42. The number of nitrogens with zero attached hydrogens (tertiary/aromatic N) is 1. The van der Waals surface area contributed by atoms with Crippen LogP contribution in [-0.4, -0.2) is 27.6 Å². The number of nitrogens with one attached hydrogen (secondary N) is 1. The summed E-state index contributed by atoms with van der Waals surface area (Å²) in [7, 11) is 0. The Bertz CT molecular complexity index is 320. The van der Waals surface area contributed by atoms with Crippen molar-refractivity contribution in [3.8, 4) is 0 Å². The molecule has 78 valence electrons. The fourth-order valence-electron chi connectivity index (χ4n) is 1.04. The molecule has 0 spiro atoms. The second-order valence-electron chi connectivity index (χ2n) is 2.76. The summed E-state index contributed by atoms with van der Waals surface area (Å²) in [6.07, 6.45) is -0.101. The predicted octanol–water partition coefficient (Wildman–Crippen LogP) is 1.23. The van der Waals surface area contributed by atoms with E-state index >= 15 is 0 Å². The third-order valence-corrected chi connectivity index (χ3v) is 2.37. The summed E-state index contributed by atoms with van der Waals surface area (Å²) in [4.78, 5) is 17.0. The van der Waals surface area contributed by atoms with E-state index in [-0.39, 0.29) is 23.3 Å². The van der Waals surface area contributed by atoms with E-state index in [1.54, 1.807) is 0 Å². The number of imidazole rings is 1. The quantitative estimate of drug-likeness (QED) is 0.735. The molecule has 0 aliphatic rings. The summed E-state index contributed by atoms with van der Waals surface area (Å²) < 4.78 is 0. The predicted molar refractivity (Wildman–Crippen MR) is 52.7 cm³/mol. The van der Waals surface area contributed by atoms with Gasteiger partial charge in [-0.05, 0) is 0 Å². The summed E-state index contributed by atoms with van der Waals surface area (Å²) in [5.41, 5.74) is 5.40. The maximum Gasteiger partial charge on any atom is 0.304 e. The van der Waals surface area contributed by atoms with E-state index in [0.29, 0.717) is 5.82 Å². The molecule has 0 saturated heterocycles. The van der Waals surface area contributed by atoms with Crippen molar-refractivity contribution >= 4 is 29.2 Å². The molecular weight excluding hydrogens is 229 g/mol. The first-order valence-corrected chi connectivity index (χ1v) is 4.63. The molecule has 1 atom stereocenters. The molecule has 0 aliphatic carbocycles. The molecule has 0 aliphatic heterocycles. The molecule has 1 aromatic rings. The number of halogens is 2. The zero-order valence-electron chi connectivity index (χ0n) is 7.13. The molecule has 5 nitrogen and oxygen atoms in total. The monoisotopic (exact) mass is 237 g/mol. The highest BCUT2D eigenvalue weighted by atomic mass is 35.5. The Hall–Kier alpha value is -0.780. The number of aromatic nitrogens is 2. The van der Waals surface area contributed by atoms with Gasteiger partial charge in [-0.3, -0.25) is 4.79 Å². The van der Waals surface area contributed by atoms with E-state index in [9.17, 15) is 4.79 Å². The van der Waals surface area contributed by atoms with Crippen LogP contribution in [0, 0.1) is 0 Å². The standard InChI is InChI=1S/C7H9Cl2N3O2/c8-5-6(9)12-7(11-5)3(2-10)1-4(13)14/h3H,1-2,10H2,(H,11,12)(H,13,14). The maximum atomic E-state index is 10.5. The van der Waals surface area contributed by atoms with Crippen LogP contribution in [0.2, 0.25) is 10.3 Å². The molecular formula is C7H9Cl2N3O2. The number of nitrogens with two attached hydrogens (primary N) is 1. The minimum absolute atomic E-state index is 0.101. The van der Waals surface area contributed by atoms with E-state index in [1.165, 1.54) is 0 Å². The van der Waals surface area contributed by atoms with Crippen molar-refractivity contribution in [2.75, 3.05) is 6.54 Å². The Labute approximate surface area is 90.2 Å². The molecule has 14 heavy (non-hydrogen) atoms. The van der Waals surface area contributed by atoms with Crippen molar-refractivity contribution in [3.63, 3.8) is 0 Å². The van der Waals surface area contributed by atoms with Gasteiger partial charge in [-0.2, -0.15) is 0 Å². The summed E-state index contributed by atoms with van der Waals surface area (Å²) in [6, 6.07) is 0. The number of carbonyl (C=O) groups is 1. The summed E-state index contributed by atoms with van der Waals surface area (Å²) in [6.45, 7) is 0.173. The fourth-order valence-corrected chi connectivity index (χ4v) is 1.32. The van der Waals surface area contributed by atoms with Crippen molar-refractivity contribution < 1.29 is 9.90 Å². The minimum Gasteiger partial charge on any atom is -0.481 e. The van der Waals surface area contributed by atoms with Gasteiger partial charge in [0.15, 0.2) is 5.15 Å². The molecule has 0 amide bonds. The number of carboxylic acid groups (broad SMARTS) is 1. The Morgan fingerprint density at radius 2 is 2.29 bits per heavy atom. The van der Waals surface area contributed by atoms with Gasteiger partial charge < -0.3 is 15.8 Å². The first kappa shape index (κ1) is 11.3. The summed E-state index contributed by atoms with van der Waals surface area (Å²) >= 11 is 11.2. The van der Waals surface area contributed by atoms with Gasteiger partial charge in [0.05, 0.1) is 6.42 Å². The van der Waals surface area contributed by atoms with Crippen molar-refractivity contribution in [1.29, 1.82) is 0 Å². The van der Waals surface area contributed by atoms with Crippen LogP contribution in [0.4, 0.5) is 0 Å². The molecule has 0 fully saturated rings. The molecule has 4 N–H and O–H groups in total. The zero-order valence-corrected chi connectivity index (χ0v) is 8.64. The molecule has 0 saturated carbocycles. The first-order valence-electron chi connectivity index (χ1n) is 3.87. The summed E-state index contributed by atoms with van der Waals surface area (Å²) in [5.74, 6) is -0.925. The molecule has 1 rings (SSSR count). The van der Waals surface area contributed by atoms with Crippen LogP contribution in [0.1, 0.15) is 18.2 Å². The topological polar surface area (TPSA) is 92.0 Å². The van der Waals surface area contributed by atoms with E-state index in [1.807, 2.05) is 0 Å². The molecule has 1 heterocycles. The number of carboxylic acids is 1. The highest BCUT2D eigenvalue weighted by molar-refractivity contribution is 6.40. The van der Waals surface area contributed by atoms with Crippen LogP contribution in [0.5, 0.6) is 0 Å². The molecule has 7 heteroatoms. The fraction of sp³-hybridized carbons (Fsp3) is 0.429. The third-order valence-electron chi connectivity index (χ3n) is 1.73. The van der Waals surface area contributed by atoms with Gasteiger partial charge in [0, 0.05) is 12.5 Å². The zero-order chi connectivity index (χ0) is 10.7. The highest BCUT2D eigenvalue weighted by Crippen LogP contribution is 2.23. The van der Waals surface area contributed by atoms with Gasteiger partial charge in [-0.15, -0.1) is 0 Å². The SMILES string of the molecule is NCC(CC(=O)O)c1nc(Cl)c(Cl)[nH]1. The number of hydrogen-bond donors (Lipinski definition) is 3. The van der Waals surface area contributed by atoms with E-state index < -0.39 is 11.9 Å². The Kier molecular flexibility index (Phi) is 3.74. The maximum absolute atomic E-state index is 10.5. The number of rotatable bonds is 4. The average molecular weight is 238 g/mol. The van der Waals surface area contributed by atoms with Crippen molar-refractivity contribution in [1.82, 2.24) is 9.97 Å². The Morgan fingerprint density at radius 3 is 2.64 bits per heavy atom. The van der Waals surface area contributed by atoms with E-state index in [4.69, 9.17) is 34.0 Å². The lowest BCUT2D eigenvalue weighted by molar-refractivity contribution is -0.137.